The standard InChI is InChI=1S/C9H18N2O2S/c1-7(6-10)14(12,13)11-8(2)9(3,4)5/h7-8,11H,1-5H3. The van der Waals surface area contributed by atoms with Crippen LogP contribution in [-0.4, -0.2) is 19.7 Å². The molecule has 0 aromatic rings. The van der Waals surface area contributed by atoms with Crippen LogP contribution in [0.25, 0.3) is 0 Å². The van der Waals surface area contributed by atoms with Gasteiger partial charge in [0, 0.05) is 6.04 Å². The molecule has 0 fully saturated rings. The van der Waals surface area contributed by atoms with E-state index in [-0.39, 0.29) is 11.5 Å². The summed E-state index contributed by atoms with van der Waals surface area (Å²) in [5.74, 6) is 0. The van der Waals surface area contributed by atoms with Gasteiger partial charge in [0.25, 0.3) is 0 Å². The van der Waals surface area contributed by atoms with Crippen molar-refractivity contribution in [1.82, 2.24) is 4.72 Å². The summed E-state index contributed by atoms with van der Waals surface area (Å²) in [6, 6.07) is 1.52. The second-order valence-corrected chi connectivity index (χ2v) is 6.55. The van der Waals surface area contributed by atoms with Gasteiger partial charge in [-0.25, -0.2) is 13.1 Å². The maximum Gasteiger partial charge on any atom is 0.227 e. The first-order valence-electron chi connectivity index (χ1n) is 4.52. The fraction of sp³-hybridized carbons (Fsp3) is 0.889. The van der Waals surface area contributed by atoms with Gasteiger partial charge < -0.3 is 0 Å². The number of rotatable bonds is 3. The zero-order valence-corrected chi connectivity index (χ0v) is 10.1. The van der Waals surface area contributed by atoms with Crippen molar-refractivity contribution in [3.05, 3.63) is 0 Å². The van der Waals surface area contributed by atoms with Crippen LogP contribution in [-0.2, 0) is 10.0 Å². The van der Waals surface area contributed by atoms with Gasteiger partial charge in [0.15, 0.2) is 5.25 Å². The summed E-state index contributed by atoms with van der Waals surface area (Å²) in [5, 5.41) is 7.51. The minimum Gasteiger partial charge on any atom is -0.211 e. The molecule has 0 heterocycles. The minimum absolute atomic E-state index is 0.151. The van der Waals surface area contributed by atoms with Crippen LogP contribution < -0.4 is 4.72 Å². The van der Waals surface area contributed by atoms with Gasteiger partial charge in [0.1, 0.15) is 0 Å². The van der Waals surface area contributed by atoms with Crippen molar-refractivity contribution >= 4 is 10.0 Å². The molecule has 14 heavy (non-hydrogen) atoms. The molecule has 5 heteroatoms. The van der Waals surface area contributed by atoms with Crippen LogP contribution in [0, 0.1) is 16.7 Å². The highest BCUT2D eigenvalue weighted by molar-refractivity contribution is 7.90. The molecule has 2 unspecified atom stereocenters. The predicted octanol–water partition coefficient (Wildman–Crippen LogP) is 1.25. The Hall–Kier alpha value is -0.600. The fourth-order valence-corrected chi connectivity index (χ4v) is 1.78. The molecule has 0 bridgehead atoms. The smallest absolute Gasteiger partial charge is 0.211 e. The van der Waals surface area contributed by atoms with Gasteiger partial charge in [-0.3, -0.25) is 0 Å². The van der Waals surface area contributed by atoms with E-state index in [9.17, 15) is 8.42 Å². The fourth-order valence-electron chi connectivity index (χ4n) is 0.595. The summed E-state index contributed by atoms with van der Waals surface area (Å²) in [7, 11) is -3.50. The van der Waals surface area contributed by atoms with Crippen molar-refractivity contribution < 1.29 is 8.42 Å². The van der Waals surface area contributed by atoms with Crippen LogP contribution in [0.1, 0.15) is 34.6 Å². The highest BCUT2D eigenvalue weighted by Crippen LogP contribution is 2.19. The number of hydrogen-bond donors (Lipinski definition) is 1. The Morgan fingerprint density at radius 1 is 1.29 bits per heavy atom. The Morgan fingerprint density at radius 2 is 1.71 bits per heavy atom. The molecule has 2 atom stereocenters. The average molecular weight is 218 g/mol. The summed E-state index contributed by atoms with van der Waals surface area (Å²) in [5.41, 5.74) is -0.151. The minimum atomic E-state index is -3.50. The molecular formula is C9H18N2O2S. The Morgan fingerprint density at radius 3 is 2.00 bits per heavy atom. The summed E-state index contributed by atoms with van der Waals surface area (Å²) in [4.78, 5) is 0. The molecule has 1 N–H and O–H groups in total. The van der Waals surface area contributed by atoms with E-state index in [4.69, 9.17) is 5.26 Å². The van der Waals surface area contributed by atoms with Crippen LogP contribution in [0.15, 0.2) is 0 Å². The van der Waals surface area contributed by atoms with Crippen LogP contribution in [0.3, 0.4) is 0 Å². The van der Waals surface area contributed by atoms with Gasteiger partial charge in [0.05, 0.1) is 6.07 Å². The third-order valence-electron chi connectivity index (χ3n) is 2.29. The second kappa shape index (κ2) is 4.28. The van der Waals surface area contributed by atoms with E-state index in [1.54, 1.807) is 13.0 Å². The number of nitrogens with zero attached hydrogens (tertiary/aromatic N) is 1. The van der Waals surface area contributed by atoms with Crippen molar-refractivity contribution in [3.8, 4) is 6.07 Å². The van der Waals surface area contributed by atoms with Crippen LogP contribution in [0.5, 0.6) is 0 Å². The topological polar surface area (TPSA) is 70.0 Å². The molecule has 0 rings (SSSR count). The maximum atomic E-state index is 11.5. The quantitative estimate of drug-likeness (QED) is 0.775. The Kier molecular flexibility index (Phi) is 4.10. The Balaban J connectivity index is 4.64. The predicted molar refractivity (Wildman–Crippen MR) is 56.0 cm³/mol. The van der Waals surface area contributed by atoms with Gasteiger partial charge in [-0.2, -0.15) is 5.26 Å². The molecule has 4 nitrogen and oxygen atoms in total. The average Bonchev–Trinajstić information content (AvgIpc) is 2.00. The van der Waals surface area contributed by atoms with Crippen molar-refractivity contribution in [2.75, 3.05) is 0 Å². The normalized spacial score (nSPS) is 17.1. The summed E-state index contributed by atoms with van der Waals surface area (Å²) >= 11 is 0. The molecule has 82 valence electrons. The molecule has 0 spiro atoms. The van der Waals surface area contributed by atoms with Gasteiger partial charge in [-0.1, -0.05) is 20.8 Å². The lowest BCUT2D eigenvalue weighted by atomic mass is 9.89. The van der Waals surface area contributed by atoms with E-state index < -0.39 is 15.3 Å². The monoisotopic (exact) mass is 218 g/mol. The third-order valence-corrected chi connectivity index (χ3v) is 4.01. The lowest BCUT2D eigenvalue weighted by Gasteiger charge is -2.28. The molecule has 0 saturated carbocycles. The number of sulfonamides is 1. The summed E-state index contributed by atoms with van der Waals surface area (Å²) in [6.45, 7) is 8.99. The van der Waals surface area contributed by atoms with E-state index in [1.165, 1.54) is 6.92 Å². The first kappa shape index (κ1) is 13.4. The first-order valence-corrected chi connectivity index (χ1v) is 6.06. The van der Waals surface area contributed by atoms with Crippen molar-refractivity contribution in [3.63, 3.8) is 0 Å². The largest absolute Gasteiger partial charge is 0.227 e. The van der Waals surface area contributed by atoms with Crippen LogP contribution in [0.2, 0.25) is 0 Å². The molecule has 0 aliphatic rings. The molecule has 0 aromatic heterocycles. The van der Waals surface area contributed by atoms with E-state index in [0.29, 0.717) is 0 Å². The summed E-state index contributed by atoms with van der Waals surface area (Å²) < 4.78 is 25.5. The highest BCUT2D eigenvalue weighted by atomic mass is 32.2. The maximum absolute atomic E-state index is 11.5. The van der Waals surface area contributed by atoms with Gasteiger partial charge >= 0.3 is 0 Å². The molecule has 0 radical (unpaired) electrons. The van der Waals surface area contributed by atoms with Crippen molar-refractivity contribution in [2.24, 2.45) is 5.41 Å². The molecule has 0 aliphatic carbocycles. The number of hydrogen-bond acceptors (Lipinski definition) is 3. The second-order valence-electron chi connectivity index (χ2n) is 4.52. The Bertz CT molecular complexity index is 322. The number of nitriles is 1. The van der Waals surface area contributed by atoms with Crippen LogP contribution >= 0.6 is 0 Å². The molecule has 0 saturated heterocycles. The van der Waals surface area contributed by atoms with E-state index in [2.05, 4.69) is 4.72 Å². The SMILES string of the molecule is CC(NS(=O)(=O)C(C)C#N)C(C)(C)C. The molecule has 0 aliphatic heterocycles. The van der Waals surface area contributed by atoms with Crippen molar-refractivity contribution in [1.29, 1.82) is 5.26 Å². The molecular weight excluding hydrogens is 200 g/mol. The van der Waals surface area contributed by atoms with E-state index in [1.807, 2.05) is 20.8 Å². The van der Waals surface area contributed by atoms with Gasteiger partial charge in [-0.05, 0) is 19.3 Å². The third kappa shape index (κ3) is 3.64. The summed E-state index contributed by atoms with van der Waals surface area (Å²) in [6.07, 6.45) is 0. The van der Waals surface area contributed by atoms with Gasteiger partial charge in [0.2, 0.25) is 10.0 Å². The Labute approximate surface area is 86.4 Å². The highest BCUT2D eigenvalue weighted by Gasteiger charge is 2.28. The van der Waals surface area contributed by atoms with E-state index in [0.717, 1.165) is 0 Å². The zero-order valence-electron chi connectivity index (χ0n) is 9.33. The van der Waals surface area contributed by atoms with Crippen molar-refractivity contribution in [2.45, 2.75) is 45.9 Å². The van der Waals surface area contributed by atoms with Gasteiger partial charge in [-0.15, -0.1) is 0 Å². The lowest BCUT2D eigenvalue weighted by Crippen LogP contribution is -2.44. The molecule has 0 amide bonds. The van der Waals surface area contributed by atoms with E-state index >= 15 is 0 Å². The molecule has 0 aromatic carbocycles. The first-order chi connectivity index (χ1) is 6.11. The lowest BCUT2D eigenvalue weighted by molar-refractivity contribution is 0.317. The zero-order chi connectivity index (χ0) is 11.6. The number of nitrogens with one attached hydrogen (secondary N) is 1. The van der Waals surface area contributed by atoms with Crippen LogP contribution in [0.4, 0.5) is 0 Å².